The van der Waals surface area contributed by atoms with Gasteiger partial charge in [-0.2, -0.15) is 0 Å². The first-order chi connectivity index (χ1) is 9.55. The lowest BCUT2D eigenvalue weighted by Gasteiger charge is -2.31. The highest BCUT2D eigenvalue weighted by Crippen LogP contribution is 2.25. The van der Waals surface area contributed by atoms with E-state index in [1.54, 1.807) is 0 Å². The van der Waals surface area contributed by atoms with Crippen LogP contribution in [0.4, 0.5) is 0 Å². The normalized spacial score (nSPS) is 14.0. The van der Waals surface area contributed by atoms with Crippen molar-refractivity contribution in [3.05, 3.63) is 70.8 Å². The number of aliphatic hydroxyl groups is 1. The Kier molecular flexibility index (Phi) is 4.58. The Morgan fingerprint density at radius 1 is 1.05 bits per heavy atom. The van der Waals surface area contributed by atoms with Crippen molar-refractivity contribution in [3.63, 3.8) is 0 Å². The Balaban J connectivity index is 2.20. The summed E-state index contributed by atoms with van der Waals surface area (Å²) in [7, 11) is 0. The maximum atomic E-state index is 9.85. The molecule has 0 aliphatic rings. The van der Waals surface area contributed by atoms with E-state index in [-0.39, 0.29) is 6.61 Å². The van der Waals surface area contributed by atoms with Crippen LogP contribution in [0.1, 0.15) is 29.2 Å². The third-order valence-electron chi connectivity index (χ3n) is 3.82. The molecule has 0 spiro atoms. The van der Waals surface area contributed by atoms with Gasteiger partial charge in [-0.3, -0.25) is 0 Å². The topological polar surface area (TPSA) is 32.3 Å². The molecule has 2 nitrogen and oxygen atoms in total. The number of nitrogens with one attached hydrogen (secondary N) is 1. The smallest absolute Gasteiger partial charge is 0.0652 e. The maximum Gasteiger partial charge on any atom is 0.0652 e. The van der Waals surface area contributed by atoms with E-state index in [0.717, 1.165) is 12.1 Å². The largest absolute Gasteiger partial charge is 0.394 e. The summed E-state index contributed by atoms with van der Waals surface area (Å²) in [6, 6.07) is 16.6. The minimum atomic E-state index is -0.423. The van der Waals surface area contributed by atoms with Crippen LogP contribution in [0.3, 0.4) is 0 Å². The van der Waals surface area contributed by atoms with Crippen molar-refractivity contribution < 1.29 is 5.11 Å². The van der Waals surface area contributed by atoms with Gasteiger partial charge in [0.2, 0.25) is 0 Å². The standard InChI is InChI=1S/C18H23NO/c1-14-9-10-17(15(2)11-14)18(3,13-20)19-12-16-7-5-4-6-8-16/h4-11,19-20H,12-13H2,1-3H3. The molecule has 1 atom stereocenters. The number of aliphatic hydroxyl groups excluding tert-OH is 1. The molecule has 0 aliphatic heterocycles. The predicted octanol–water partition coefficient (Wildman–Crippen LogP) is 3.30. The number of rotatable bonds is 5. The van der Waals surface area contributed by atoms with E-state index >= 15 is 0 Å². The molecule has 2 rings (SSSR count). The van der Waals surface area contributed by atoms with Gasteiger partial charge in [-0.05, 0) is 37.5 Å². The fourth-order valence-electron chi connectivity index (χ4n) is 2.56. The summed E-state index contributed by atoms with van der Waals surface area (Å²) < 4.78 is 0. The van der Waals surface area contributed by atoms with Crippen LogP contribution in [-0.4, -0.2) is 11.7 Å². The van der Waals surface area contributed by atoms with Crippen molar-refractivity contribution in [2.75, 3.05) is 6.61 Å². The van der Waals surface area contributed by atoms with E-state index in [1.807, 2.05) is 25.1 Å². The molecule has 106 valence electrons. The van der Waals surface area contributed by atoms with Crippen LogP contribution in [0.25, 0.3) is 0 Å². The molecule has 0 amide bonds. The number of aryl methyl sites for hydroxylation is 2. The maximum absolute atomic E-state index is 9.85. The third kappa shape index (κ3) is 3.27. The summed E-state index contributed by atoms with van der Waals surface area (Å²) in [6.07, 6.45) is 0. The van der Waals surface area contributed by atoms with Crippen molar-refractivity contribution in [3.8, 4) is 0 Å². The molecular weight excluding hydrogens is 246 g/mol. The van der Waals surface area contributed by atoms with Gasteiger partial charge in [0.05, 0.1) is 12.1 Å². The van der Waals surface area contributed by atoms with Crippen molar-refractivity contribution >= 4 is 0 Å². The molecule has 2 aromatic rings. The predicted molar refractivity (Wildman–Crippen MR) is 83.6 cm³/mol. The van der Waals surface area contributed by atoms with E-state index < -0.39 is 5.54 Å². The first kappa shape index (κ1) is 14.8. The molecule has 0 aromatic heterocycles. The summed E-state index contributed by atoms with van der Waals surface area (Å²) in [5.41, 5.74) is 4.41. The first-order valence-corrected chi connectivity index (χ1v) is 7.03. The van der Waals surface area contributed by atoms with Gasteiger partial charge in [0.1, 0.15) is 0 Å². The molecule has 2 heteroatoms. The van der Waals surface area contributed by atoms with Gasteiger partial charge in [0, 0.05) is 6.54 Å². The first-order valence-electron chi connectivity index (χ1n) is 7.03. The molecular formula is C18H23NO. The van der Waals surface area contributed by atoms with Crippen LogP contribution < -0.4 is 5.32 Å². The van der Waals surface area contributed by atoms with E-state index in [2.05, 4.69) is 49.5 Å². The van der Waals surface area contributed by atoms with Crippen LogP contribution in [0.2, 0.25) is 0 Å². The van der Waals surface area contributed by atoms with Gasteiger partial charge in [-0.15, -0.1) is 0 Å². The second-order valence-electron chi connectivity index (χ2n) is 5.65. The second kappa shape index (κ2) is 6.21. The van der Waals surface area contributed by atoms with E-state index in [4.69, 9.17) is 0 Å². The molecule has 0 saturated heterocycles. The molecule has 0 fully saturated rings. The zero-order valence-corrected chi connectivity index (χ0v) is 12.5. The van der Waals surface area contributed by atoms with Gasteiger partial charge >= 0.3 is 0 Å². The summed E-state index contributed by atoms with van der Waals surface area (Å²) in [5.74, 6) is 0. The van der Waals surface area contributed by atoms with Gasteiger partial charge in [-0.25, -0.2) is 0 Å². The summed E-state index contributed by atoms with van der Waals surface area (Å²) in [6.45, 7) is 7.05. The van der Waals surface area contributed by atoms with Crippen LogP contribution in [-0.2, 0) is 12.1 Å². The highest BCUT2D eigenvalue weighted by atomic mass is 16.3. The molecule has 20 heavy (non-hydrogen) atoms. The highest BCUT2D eigenvalue weighted by molar-refractivity contribution is 5.36. The number of hydrogen-bond acceptors (Lipinski definition) is 2. The van der Waals surface area contributed by atoms with Gasteiger partial charge in [0.25, 0.3) is 0 Å². The SMILES string of the molecule is Cc1ccc(C(C)(CO)NCc2ccccc2)c(C)c1. The molecule has 0 bridgehead atoms. The van der Waals surface area contributed by atoms with Gasteiger partial charge in [-0.1, -0.05) is 54.1 Å². The fraction of sp³-hybridized carbons (Fsp3) is 0.333. The molecule has 2 aromatic carbocycles. The fourth-order valence-corrected chi connectivity index (χ4v) is 2.56. The van der Waals surface area contributed by atoms with Crippen molar-refractivity contribution in [2.45, 2.75) is 32.9 Å². The molecule has 0 aliphatic carbocycles. The summed E-state index contributed by atoms with van der Waals surface area (Å²) >= 11 is 0. The van der Waals surface area contributed by atoms with Crippen LogP contribution in [0, 0.1) is 13.8 Å². The molecule has 1 unspecified atom stereocenters. The third-order valence-corrected chi connectivity index (χ3v) is 3.82. The number of benzene rings is 2. The van der Waals surface area contributed by atoms with E-state index in [0.29, 0.717) is 0 Å². The zero-order chi connectivity index (χ0) is 14.6. The lowest BCUT2D eigenvalue weighted by atomic mass is 9.88. The number of hydrogen-bond donors (Lipinski definition) is 2. The summed E-state index contributed by atoms with van der Waals surface area (Å²) in [5, 5.41) is 13.3. The Hall–Kier alpha value is -1.64. The quantitative estimate of drug-likeness (QED) is 0.873. The van der Waals surface area contributed by atoms with Crippen LogP contribution in [0.5, 0.6) is 0 Å². The Morgan fingerprint density at radius 3 is 2.35 bits per heavy atom. The molecule has 0 radical (unpaired) electrons. The molecule has 0 saturated carbocycles. The zero-order valence-electron chi connectivity index (χ0n) is 12.5. The Labute approximate surface area is 121 Å². The van der Waals surface area contributed by atoms with Crippen molar-refractivity contribution in [1.82, 2.24) is 5.32 Å². The molecule has 0 heterocycles. The van der Waals surface area contributed by atoms with Crippen molar-refractivity contribution in [2.24, 2.45) is 0 Å². The monoisotopic (exact) mass is 269 g/mol. The highest BCUT2D eigenvalue weighted by Gasteiger charge is 2.26. The van der Waals surface area contributed by atoms with Crippen molar-refractivity contribution in [1.29, 1.82) is 0 Å². The lowest BCUT2D eigenvalue weighted by molar-refractivity contribution is 0.173. The summed E-state index contributed by atoms with van der Waals surface area (Å²) in [4.78, 5) is 0. The lowest BCUT2D eigenvalue weighted by Crippen LogP contribution is -2.43. The average Bonchev–Trinajstić information content (AvgIpc) is 2.46. The average molecular weight is 269 g/mol. The van der Waals surface area contributed by atoms with E-state index in [1.165, 1.54) is 16.7 Å². The Bertz CT molecular complexity index is 565. The van der Waals surface area contributed by atoms with Gasteiger partial charge < -0.3 is 10.4 Å². The minimum Gasteiger partial charge on any atom is -0.394 e. The van der Waals surface area contributed by atoms with Crippen LogP contribution >= 0.6 is 0 Å². The minimum absolute atomic E-state index is 0.0731. The Morgan fingerprint density at radius 2 is 1.75 bits per heavy atom. The second-order valence-corrected chi connectivity index (χ2v) is 5.65. The van der Waals surface area contributed by atoms with Gasteiger partial charge in [0.15, 0.2) is 0 Å². The molecule has 2 N–H and O–H groups in total. The van der Waals surface area contributed by atoms with Crippen LogP contribution in [0.15, 0.2) is 48.5 Å². The van der Waals surface area contributed by atoms with E-state index in [9.17, 15) is 5.11 Å².